The van der Waals surface area contributed by atoms with Gasteiger partial charge >= 0.3 is 0 Å². The molecule has 6 heteroatoms. The first-order valence-corrected chi connectivity index (χ1v) is 5.52. The van der Waals surface area contributed by atoms with Crippen molar-refractivity contribution in [3.8, 4) is 11.3 Å². The van der Waals surface area contributed by atoms with Gasteiger partial charge in [-0.2, -0.15) is 0 Å². The van der Waals surface area contributed by atoms with E-state index in [0.29, 0.717) is 21.6 Å². The summed E-state index contributed by atoms with van der Waals surface area (Å²) in [4.78, 5) is 7.85. The SMILES string of the molecule is CNc1nc(-c2ccncc2F)c(Cl)cc1Cl. The van der Waals surface area contributed by atoms with Crippen molar-refractivity contribution in [2.75, 3.05) is 12.4 Å². The van der Waals surface area contributed by atoms with Gasteiger partial charge in [-0.25, -0.2) is 9.37 Å². The fourth-order valence-electron chi connectivity index (χ4n) is 1.40. The summed E-state index contributed by atoms with van der Waals surface area (Å²) in [7, 11) is 1.68. The Kier molecular flexibility index (Phi) is 3.45. The van der Waals surface area contributed by atoms with Gasteiger partial charge in [0, 0.05) is 18.8 Å². The summed E-state index contributed by atoms with van der Waals surface area (Å²) in [5.74, 6) is -0.0337. The molecular formula is C11H8Cl2FN3. The van der Waals surface area contributed by atoms with E-state index in [1.165, 1.54) is 18.3 Å². The van der Waals surface area contributed by atoms with Crippen LogP contribution in [0, 0.1) is 5.82 Å². The van der Waals surface area contributed by atoms with Crippen molar-refractivity contribution < 1.29 is 4.39 Å². The zero-order chi connectivity index (χ0) is 12.4. The molecule has 0 unspecified atom stereocenters. The predicted octanol–water partition coefficient (Wildman–Crippen LogP) is 3.63. The summed E-state index contributed by atoms with van der Waals surface area (Å²) in [6.45, 7) is 0. The maximum absolute atomic E-state index is 13.6. The summed E-state index contributed by atoms with van der Waals surface area (Å²) in [5, 5.41) is 3.49. The molecule has 0 saturated carbocycles. The highest BCUT2D eigenvalue weighted by molar-refractivity contribution is 6.37. The molecule has 0 aromatic carbocycles. The Hall–Kier alpha value is -1.39. The minimum absolute atomic E-state index is 0.290. The predicted molar refractivity (Wildman–Crippen MR) is 67.0 cm³/mol. The molecule has 3 nitrogen and oxygen atoms in total. The van der Waals surface area contributed by atoms with Gasteiger partial charge in [0.1, 0.15) is 5.82 Å². The van der Waals surface area contributed by atoms with E-state index < -0.39 is 5.82 Å². The van der Waals surface area contributed by atoms with E-state index in [-0.39, 0.29) is 5.56 Å². The number of nitrogens with one attached hydrogen (secondary N) is 1. The zero-order valence-corrected chi connectivity index (χ0v) is 10.3. The van der Waals surface area contributed by atoms with E-state index in [4.69, 9.17) is 23.2 Å². The van der Waals surface area contributed by atoms with E-state index in [9.17, 15) is 4.39 Å². The minimum Gasteiger partial charge on any atom is -0.372 e. The number of halogens is 3. The Morgan fingerprint density at radius 2 is 2.06 bits per heavy atom. The first kappa shape index (κ1) is 12.1. The van der Waals surface area contributed by atoms with Crippen LogP contribution in [-0.4, -0.2) is 17.0 Å². The highest BCUT2D eigenvalue weighted by Gasteiger charge is 2.13. The van der Waals surface area contributed by atoms with Crippen LogP contribution in [0.4, 0.5) is 10.2 Å². The second-order valence-electron chi connectivity index (χ2n) is 3.25. The van der Waals surface area contributed by atoms with E-state index in [1.54, 1.807) is 7.05 Å². The van der Waals surface area contributed by atoms with Gasteiger partial charge in [0.25, 0.3) is 0 Å². The summed E-state index contributed by atoms with van der Waals surface area (Å²) in [6.07, 6.45) is 2.59. The van der Waals surface area contributed by atoms with Crippen molar-refractivity contribution in [3.63, 3.8) is 0 Å². The lowest BCUT2D eigenvalue weighted by atomic mass is 10.1. The van der Waals surface area contributed by atoms with Gasteiger partial charge in [0.05, 0.1) is 21.9 Å². The van der Waals surface area contributed by atoms with Gasteiger partial charge in [-0.3, -0.25) is 4.98 Å². The maximum atomic E-state index is 13.6. The molecule has 0 atom stereocenters. The number of nitrogens with zero attached hydrogens (tertiary/aromatic N) is 2. The molecule has 0 aliphatic rings. The lowest BCUT2D eigenvalue weighted by Crippen LogP contribution is -1.97. The van der Waals surface area contributed by atoms with Crippen molar-refractivity contribution >= 4 is 29.0 Å². The van der Waals surface area contributed by atoms with Crippen molar-refractivity contribution in [2.45, 2.75) is 0 Å². The molecule has 0 aliphatic heterocycles. The largest absolute Gasteiger partial charge is 0.372 e. The molecule has 2 heterocycles. The zero-order valence-electron chi connectivity index (χ0n) is 8.84. The quantitative estimate of drug-likeness (QED) is 0.907. The van der Waals surface area contributed by atoms with Crippen molar-refractivity contribution in [1.29, 1.82) is 0 Å². The third kappa shape index (κ3) is 2.33. The number of anilines is 1. The molecule has 88 valence electrons. The van der Waals surface area contributed by atoms with Crippen LogP contribution in [0.2, 0.25) is 10.0 Å². The van der Waals surface area contributed by atoms with Crippen LogP contribution in [0.3, 0.4) is 0 Å². The second kappa shape index (κ2) is 4.85. The summed E-state index contributed by atoms with van der Waals surface area (Å²) < 4.78 is 13.6. The second-order valence-corrected chi connectivity index (χ2v) is 4.07. The lowest BCUT2D eigenvalue weighted by molar-refractivity contribution is 0.624. The fraction of sp³-hybridized carbons (Fsp3) is 0.0909. The molecule has 1 N–H and O–H groups in total. The first-order chi connectivity index (χ1) is 8.13. The Morgan fingerprint density at radius 3 is 2.71 bits per heavy atom. The summed E-state index contributed by atoms with van der Waals surface area (Å²) >= 11 is 11.9. The molecule has 2 aromatic heterocycles. The van der Waals surface area contributed by atoms with Crippen molar-refractivity contribution in [2.24, 2.45) is 0 Å². The molecule has 0 bridgehead atoms. The average Bonchev–Trinajstić information content (AvgIpc) is 2.31. The van der Waals surface area contributed by atoms with Crippen LogP contribution in [0.25, 0.3) is 11.3 Å². The van der Waals surface area contributed by atoms with Gasteiger partial charge in [-0.05, 0) is 12.1 Å². The Labute approximate surface area is 108 Å². The van der Waals surface area contributed by atoms with Gasteiger partial charge in [-0.1, -0.05) is 23.2 Å². The number of pyridine rings is 2. The molecule has 0 saturated heterocycles. The normalized spacial score (nSPS) is 10.4. The molecular weight excluding hydrogens is 264 g/mol. The van der Waals surface area contributed by atoms with Crippen LogP contribution in [0.5, 0.6) is 0 Å². The Balaban J connectivity index is 2.64. The molecule has 0 fully saturated rings. The van der Waals surface area contributed by atoms with Crippen LogP contribution < -0.4 is 5.32 Å². The van der Waals surface area contributed by atoms with Crippen LogP contribution >= 0.6 is 23.2 Å². The van der Waals surface area contributed by atoms with Gasteiger partial charge in [0.2, 0.25) is 0 Å². The summed E-state index contributed by atoms with van der Waals surface area (Å²) in [5.41, 5.74) is 0.624. The van der Waals surface area contributed by atoms with Gasteiger partial charge < -0.3 is 5.32 Å². The van der Waals surface area contributed by atoms with Crippen LogP contribution in [0.15, 0.2) is 24.5 Å². The minimum atomic E-state index is -0.480. The van der Waals surface area contributed by atoms with Crippen LogP contribution in [-0.2, 0) is 0 Å². The van der Waals surface area contributed by atoms with Gasteiger partial charge in [0.15, 0.2) is 5.82 Å². The molecule has 17 heavy (non-hydrogen) atoms. The number of rotatable bonds is 2. The number of hydrogen-bond acceptors (Lipinski definition) is 3. The molecule has 0 aliphatic carbocycles. The Morgan fingerprint density at radius 1 is 1.29 bits per heavy atom. The third-order valence-electron chi connectivity index (χ3n) is 2.19. The lowest BCUT2D eigenvalue weighted by Gasteiger charge is -2.09. The highest BCUT2D eigenvalue weighted by Crippen LogP contribution is 2.32. The van der Waals surface area contributed by atoms with Gasteiger partial charge in [-0.15, -0.1) is 0 Å². The number of hydrogen-bond donors (Lipinski definition) is 1. The van der Waals surface area contributed by atoms with E-state index >= 15 is 0 Å². The van der Waals surface area contributed by atoms with Crippen molar-refractivity contribution in [1.82, 2.24) is 9.97 Å². The molecule has 2 aromatic rings. The topological polar surface area (TPSA) is 37.8 Å². The smallest absolute Gasteiger partial charge is 0.150 e. The van der Waals surface area contributed by atoms with E-state index in [0.717, 1.165) is 6.20 Å². The first-order valence-electron chi connectivity index (χ1n) is 4.77. The van der Waals surface area contributed by atoms with E-state index in [1.807, 2.05) is 0 Å². The van der Waals surface area contributed by atoms with Crippen LogP contribution in [0.1, 0.15) is 0 Å². The Bertz CT molecular complexity index is 560. The van der Waals surface area contributed by atoms with Crippen molar-refractivity contribution in [3.05, 3.63) is 40.4 Å². The van der Waals surface area contributed by atoms with E-state index in [2.05, 4.69) is 15.3 Å². The fourth-order valence-corrected chi connectivity index (χ4v) is 1.95. The molecule has 0 spiro atoms. The molecule has 2 rings (SSSR count). The molecule has 0 radical (unpaired) electrons. The average molecular weight is 272 g/mol. The maximum Gasteiger partial charge on any atom is 0.150 e. The molecule has 0 amide bonds. The monoisotopic (exact) mass is 271 g/mol. The third-order valence-corrected chi connectivity index (χ3v) is 2.77. The number of aromatic nitrogens is 2. The standard InChI is InChI=1S/C11H8Cl2FN3/c1-15-11-8(13)4-7(12)10(17-11)6-2-3-16-5-9(6)14/h2-5H,1H3,(H,15,17). The summed E-state index contributed by atoms with van der Waals surface area (Å²) in [6, 6.07) is 3.04. The highest BCUT2D eigenvalue weighted by atomic mass is 35.5.